The zero-order valence-corrected chi connectivity index (χ0v) is 17.7. The molecule has 0 saturated carbocycles. The van der Waals surface area contributed by atoms with Gasteiger partial charge in [-0.1, -0.05) is 41.4 Å². The van der Waals surface area contributed by atoms with Crippen LogP contribution in [0.4, 0.5) is 4.79 Å². The quantitative estimate of drug-likeness (QED) is 0.599. The van der Waals surface area contributed by atoms with Gasteiger partial charge >= 0.3 is 12.0 Å². The van der Waals surface area contributed by atoms with Gasteiger partial charge in [0, 0.05) is 32.7 Å². The Bertz CT molecular complexity index is 892. The third kappa shape index (κ3) is 6.60. The van der Waals surface area contributed by atoms with Crippen molar-refractivity contribution in [3.05, 3.63) is 69.2 Å². The van der Waals surface area contributed by atoms with Crippen LogP contribution in [0.5, 0.6) is 0 Å². The Hall–Kier alpha value is -2.32. The standard InChI is InChI=1S/C21H23Cl2N3O4/c22-18-6-3-15(9-19(18)23)12-26-7-8-30-17(13-26)11-25-21(29)24-10-14-1-4-16(5-2-14)20(27)28/h1-6,9,17H,7-8,10-13H2,(H,27,28)(H2,24,25,29). The van der Waals surface area contributed by atoms with Crippen LogP contribution in [0.15, 0.2) is 42.5 Å². The molecule has 1 heterocycles. The monoisotopic (exact) mass is 451 g/mol. The van der Waals surface area contributed by atoms with E-state index in [0.29, 0.717) is 36.3 Å². The molecule has 1 aliphatic heterocycles. The van der Waals surface area contributed by atoms with Crippen LogP contribution in [-0.2, 0) is 17.8 Å². The summed E-state index contributed by atoms with van der Waals surface area (Å²) < 4.78 is 5.75. The van der Waals surface area contributed by atoms with Crippen molar-refractivity contribution in [1.29, 1.82) is 0 Å². The summed E-state index contributed by atoms with van der Waals surface area (Å²) in [6.07, 6.45) is -0.109. The van der Waals surface area contributed by atoms with Crippen molar-refractivity contribution in [1.82, 2.24) is 15.5 Å². The van der Waals surface area contributed by atoms with Crippen molar-refractivity contribution in [3.63, 3.8) is 0 Å². The number of hydrogen-bond acceptors (Lipinski definition) is 4. The highest BCUT2D eigenvalue weighted by Gasteiger charge is 2.21. The van der Waals surface area contributed by atoms with Crippen molar-refractivity contribution in [2.45, 2.75) is 19.2 Å². The van der Waals surface area contributed by atoms with Gasteiger partial charge in [0.05, 0.1) is 28.3 Å². The third-order valence-electron chi connectivity index (χ3n) is 4.76. The molecule has 7 nitrogen and oxygen atoms in total. The normalized spacial score (nSPS) is 16.8. The average Bonchev–Trinajstić information content (AvgIpc) is 2.74. The fourth-order valence-electron chi connectivity index (χ4n) is 3.16. The highest BCUT2D eigenvalue weighted by molar-refractivity contribution is 6.42. The maximum absolute atomic E-state index is 12.1. The Morgan fingerprint density at radius 1 is 1.07 bits per heavy atom. The number of amides is 2. The molecule has 9 heteroatoms. The van der Waals surface area contributed by atoms with Crippen LogP contribution in [0, 0.1) is 0 Å². The second-order valence-electron chi connectivity index (χ2n) is 7.04. The van der Waals surface area contributed by atoms with Crippen molar-refractivity contribution in [2.24, 2.45) is 0 Å². The van der Waals surface area contributed by atoms with Crippen molar-refractivity contribution in [3.8, 4) is 0 Å². The molecule has 1 saturated heterocycles. The molecule has 1 fully saturated rings. The number of nitrogens with one attached hydrogen (secondary N) is 2. The smallest absolute Gasteiger partial charge is 0.335 e. The van der Waals surface area contributed by atoms with E-state index in [-0.39, 0.29) is 17.7 Å². The minimum absolute atomic E-state index is 0.109. The van der Waals surface area contributed by atoms with E-state index in [1.807, 2.05) is 12.1 Å². The molecule has 3 rings (SSSR count). The van der Waals surface area contributed by atoms with Crippen LogP contribution in [0.25, 0.3) is 0 Å². The van der Waals surface area contributed by atoms with E-state index in [0.717, 1.165) is 24.2 Å². The molecular weight excluding hydrogens is 429 g/mol. The molecule has 0 spiro atoms. The first-order valence-electron chi connectivity index (χ1n) is 9.52. The number of urea groups is 1. The van der Waals surface area contributed by atoms with E-state index in [1.54, 1.807) is 18.2 Å². The van der Waals surface area contributed by atoms with E-state index in [2.05, 4.69) is 15.5 Å². The lowest BCUT2D eigenvalue weighted by atomic mass is 10.1. The molecule has 1 unspecified atom stereocenters. The summed E-state index contributed by atoms with van der Waals surface area (Å²) in [6.45, 7) is 3.51. The summed E-state index contributed by atoms with van der Waals surface area (Å²) in [5.41, 5.74) is 2.10. The van der Waals surface area contributed by atoms with E-state index in [1.165, 1.54) is 12.1 Å². The first-order valence-corrected chi connectivity index (χ1v) is 10.3. The molecule has 2 amide bonds. The summed E-state index contributed by atoms with van der Waals surface area (Å²) in [6, 6.07) is 11.7. The lowest BCUT2D eigenvalue weighted by Gasteiger charge is -2.33. The number of morpholine rings is 1. The number of hydrogen-bond donors (Lipinski definition) is 3. The molecule has 1 atom stereocenters. The minimum Gasteiger partial charge on any atom is -0.478 e. The molecule has 160 valence electrons. The molecule has 2 aromatic carbocycles. The number of carbonyl (C=O) groups is 2. The summed E-state index contributed by atoms with van der Waals surface area (Å²) in [5.74, 6) is -0.979. The number of carboxylic acids is 1. The molecule has 3 N–H and O–H groups in total. The fourth-order valence-corrected chi connectivity index (χ4v) is 3.48. The van der Waals surface area contributed by atoms with Crippen LogP contribution in [0.3, 0.4) is 0 Å². The Kier molecular flexibility index (Phi) is 7.93. The van der Waals surface area contributed by atoms with E-state index < -0.39 is 5.97 Å². The van der Waals surface area contributed by atoms with Gasteiger partial charge in [-0.3, -0.25) is 4.90 Å². The number of carboxylic acid groups (broad SMARTS) is 1. The van der Waals surface area contributed by atoms with Gasteiger partial charge in [0.1, 0.15) is 0 Å². The van der Waals surface area contributed by atoms with Gasteiger partial charge in [-0.05, 0) is 35.4 Å². The molecule has 2 aromatic rings. The van der Waals surface area contributed by atoms with E-state index >= 15 is 0 Å². The van der Waals surface area contributed by atoms with Gasteiger partial charge in [-0.15, -0.1) is 0 Å². The number of carbonyl (C=O) groups excluding carboxylic acids is 1. The topological polar surface area (TPSA) is 90.9 Å². The molecule has 0 aromatic heterocycles. The van der Waals surface area contributed by atoms with E-state index in [4.69, 9.17) is 33.0 Å². The predicted molar refractivity (Wildman–Crippen MR) is 115 cm³/mol. The molecule has 0 bridgehead atoms. The van der Waals surface area contributed by atoms with Crippen LogP contribution in [0.1, 0.15) is 21.5 Å². The van der Waals surface area contributed by atoms with E-state index in [9.17, 15) is 9.59 Å². The summed E-state index contributed by atoms with van der Waals surface area (Å²) >= 11 is 12.1. The van der Waals surface area contributed by atoms with Crippen molar-refractivity contribution in [2.75, 3.05) is 26.2 Å². The first kappa shape index (κ1) is 22.4. The van der Waals surface area contributed by atoms with Gasteiger partial charge in [-0.2, -0.15) is 0 Å². The maximum atomic E-state index is 12.1. The number of halogens is 2. The fraction of sp³-hybridized carbons (Fsp3) is 0.333. The minimum atomic E-state index is -0.979. The second-order valence-corrected chi connectivity index (χ2v) is 7.86. The lowest BCUT2D eigenvalue weighted by Crippen LogP contribution is -2.48. The molecular formula is C21H23Cl2N3O4. The van der Waals surface area contributed by atoms with Gasteiger partial charge < -0.3 is 20.5 Å². The number of benzene rings is 2. The van der Waals surface area contributed by atoms with Gasteiger partial charge in [0.25, 0.3) is 0 Å². The number of ether oxygens (including phenoxy) is 1. The summed E-state index contributed by atoms with van der Waals surface area (Å²) in [4.78, 5) is 25.2. The second kappa shape index (κ2) is 10.6. The average molecular weight is 452 g/mol. The van der Waals surface area contributed by atoms with Gasteiger partial charge in [-0.25, -0.2) is 9.59 Å². The van der Waals surface area contributed by atoms with Crippen molar-refractivity contribution < 1.29 is 19.4 Å². The highest BCUT2D eigenvalue weighted by Crippen LogP contribution is 2.23. The molecule has 1 aliphatic rings. The predicted octanol–water partition coefficient (Wildman–Crippen LogP) is 3.39. The summed E-state index contributed by atoms with van der Waals surface area (Å²) in [5, 5.41) is 15.6. The van der Waals surface area contributed by atoms with Crippen molar-refractivity contribution >= 4 is 35.2 Å². The zero-order valence-electron chi connectivity index (χ0n) is 16.2. The van der Waals surface area contributed by atoms with Crippen LogP contribution < -0.4 is 10.6 Å². The molecule has 0 aliphatic carbocycles. The van der Waals surface area contributed by atoms with Gasteiger partial charge in [0.2, 0.25) is 0 Å². The largest absolute Gasteiger partial charge is 0.478 e. The SMILES string of the molecule is O=C(NCc1ccc(C(=O)O)cc1)NCC1CN(Cc2ccc(Cl)c(Cl)c2)CCO1. The Balaban J connectivity index is 1.40. The van der Waals surface area contributed by atoms with Gasteiger partial charge in [0.15, 0.2) is 0 Å². The molecule has 30 heavy (non-hydrogen) atoms. The number of nitrogens with zero attached hydrogens (tertiary/aromatic N) is 1. The number of aromatic carboxylic acids is 1. The lowest BCUT2D eigenvalue weighted by molar-refractivity contribution is -0.0287. The Morgan fingerprint density at radius 2 is 1.80 bits per heavy atom. The highest BCUT2D eigenvalue weighted by atomic mass is 35.5. The Labute approximate surface area is 184 Å². The summed E-state index contributed by atoms with van der Waals surface area (Å²) in [7, 11) is 0. The number of rotatable bonds is 7. The van der Waals surface area contributed by atoms with Crippen LogP contribution in [0.2, 0.25) is 10.0 Å². The van der Waals surface area contributed by atoms with Crippen LogP contribution >= 0.6 is 23.2 Å². The zero-order chi connectivity index (χ0) is 21.5. The van der Waals surface area contributed by atoms with Crippen LogP contribution in [-0.4, -0.2) is 54.4 Å². The molecule has 0 radical (unpaired) electrons. The third-order valence-corrected chi connectivity index (χ3v) is 5.50. The maximum Gasteiger partial charge on any atom is 0.335 e. The first-order chi connectivity index (χ1) is 14.4. The Morgan fingerprint density at radius 3 is 2.50 bits per heavy atom.